The number of fused-ring (bicyclic) bond motifs is 1. The molecule has 0 bridgehead atoms. The van der Waals surface area contributed by atoms with Crippen LogP contribution in [0.3, 0.4) is 0 Å². The number of halogens is 1. The van der Waals surface area contributed by atoms with Gasteiger partial charge in [0.15, 0.2) is 0 Å². The van der Waals surface area contributed by atoms with Crippen molar-refractivity contribution < 1.29 is 4.39 Å². The van der Waals surface area contributed by atoms with E-state index >= 15 is 0 Å². The van der Waals surface area contributed by atoms with Crippen LogP contribution in [0.1, 0.15) is 13.3 Å². The van der Waals surface area contributed by atoms with Gasteiger partial charge in [-0.15, -0.1) is 0 Å². The molecule has 4 nitrogen and oxygen atoms in total. The normalized spacial score (nSPS) is 19.2. The Morgan fingerprint density at radius 2 is 2.25 bits per heavy atom. The minimum Gasteiger partial charge on any atom is -0.354 e. The number of likely N-dealkylation sites (N-methyl/N-ethyl adjacent to an activating group) is 1. The van der Waals surface area contributed by atoms with Gasteiger partial charge in [0.25, 0.3) is 0 Å². The minimum absolute atomic E-state index is 0.285. The lowest BCUT2D eigenvalue weighted by molar-refractivity contribution is 0.272. The van der Waals surface area contributed by atoms with Gasteiger partial charge in [-0.05, 0) is 32.1 Å². The van der Waals surface area contributed by atoms with Crippen LogP contribution in [0.2, 0.25) is 0 Å². The molecule has 106 valence electrons. The highest BCUT2D eigenvalue weighted by atomic mass is 19.1. The highest BCUT2D eigenvalue weighted by Crippen LogP contribution is 2.28. The van der Waals surface area contributed by atoms with Crippen molar-refractivity contribution >= 4 is 16.7 Å². The van der Waals surface area contributed by atoms with Crippen LogP contribution >= 0.6 is 0 Å². The Kier molecular flexibility index (Phi) is 3.53. The first-order chi connectivity index (χ1) is 9.70. The molecule has 1 atom stereocenters. The zero-order valence-corrected chi connectivity index (χ0v) is 11.9. The molecule has 3 rings (SSSR count). The molecule has 0 aliphatic carbocycles. The molecule has 1 aromatic carbocycles. The lowest BCUT2D eigenvalue weighted by Crippen LogP contribution is -2.34. The lowest BCUT2D eigenvalue weighted by atomic mass is 10.2. The van der Waals surface area contributed by atoms with Gasteiger partial charge >= 0.3 is 0 Å². The fourth-order valence-electron chi connectivity index (χ4n) is 2.84. The highest BCUT2D eigenvalue weighted by molar-refractivity contribution is 5.89. The van der Waals surface area contributed by atoms with E-state index in [4.69, 9.17) is 0 Å². The second-order valence-corrected chi connectivity index (χ2v) is 5.30. The maximum absolute atomic E-state index is 13.8. The van der Waals surface area contributed by atoms with Gasteiger partial charge in [0.2, 0.25) is 0 Å². The molecule has 0 radical (unpaired) electrons. The number of hydrogen-bond donors (Lipinski definition) is 0. The van der Waals surface area contributed by atoms with Crippen molar-refractivity contribution in [2.24, 2.45) is 0 Å². The van der Waals surface area contributed by atoms with Gasteiger partial charge in [0.05, 0.1) is 0 Å². The first-order valence-electron chi connectivity index (χ1n) is 7.05. The van der Waals surface area contributed by atoms with E-state index < -0.39 is 0 Å². The predicted molar refractivity (Wildman–Crippen MR) is 78.4 cm³/mol. The summed E-state index contributed by atoms with van der Waals surface area (Å²) in [5.74, 6) is 0.564. The van der Waals surface area contributed by atoms with E-state index in [2.05, 4.69) is 33.7 Å². The summed E-state index contributed by atoms with van der Waals surface area (Å²) in [6.45, 7) is 5.10. The van der Waals surface area contributed by atoms with E-state index in [0.29, 0.717) is 11.6 Å². The molecule has 20 heavy (non-hydrogen) atoms. The highest BCUT2D eigenvalue weighted by Gasteiger charge is 2.27. The average Bonchev–Trinajstić information content (AvgIpc) is 2.96. The molecule has 1 aliphatic rings. The lowest BCUT2D eigenvalue weighted by Gasteiger charge is -2.23. The third-order valence-corrected chi connectivity index (χ3v) is 4.18. The smallest absolute Gasteiger partial charge is 0.149 e. The van der Waals surface area contributed by atoms with Crippen LogP contribution in [0.5, 0.6) is 0 Å². The summed E-state index contributed by atoms with van der Waals surface area (Å²) < 4.78 is 13.8. The van der Waals surface area contributed by atoms with Crippen LogP contribution in [0, 0.1) is 5.82 Å². The largest absolute Gasteiger partial charge is 0.354 e. The molecule has 1 unspecified atom stereocenters. The SMILES string of the molecule is CCN(C)C1CCN(c2ncnc3c(F)cccc23)C1. The molecule has 1 aliphatic heterocycles. The van der Waals surface area contributed by atoms with Crippen molar-refractivity contribution in [3.05, 3.63) is 30.3 Å². The molecule has 2 heterocycles. The molecule has 0 saturated carbocycles. The van der Waals surface area contributed by atoms with Crippen molar-refractivity contribution in [3.8, 4) is 0 Å². The Morgan fingerprint density at radius 3 is 3.05 bits per heavy atom. The molecular weight excluding hydrogens is 255 g/mol. The topological polar surface area (TPSA) is 32.3 Å². The van der Waals surface area contributed by atoms with Crippen molar-refractivity contribution in [1.29, 1.82) is 0 Å². The molecule has 0 amide bonds. The van der Waals surface area contributed by atoms with E-state index in [0.717, 1.165) is 37.3 Å². The molecule has 0 spiro atoms. The molecule has 1 fully saturated rings. The Hall–Kier alpha value is -1.75. The Morgan fingerprint density at radius 1 is 1.40 bits per heavy atom. The molecule has 0 N–H and O–H groups in total. The van der Waals surface area contributed by atoms with E-state index in [1.807, 2.05) is 6.07 Å². The first kappa shape index (κ1) is 13.2. The molecule has 2 aromatic rings. The zero-order valence-electron chi connectivity index (χ0n) is 11.9. The van der Waals surface area contributed by atoms with Crippen LogP contribution in [-0.2, 0) is 0 Å². The number of aromatic nitrogens is 2. The second-order valence-electron chi connectivity index (χ2n) is 5.30. The summed E-state index contributed by atoms with van der Waals surface area (Å²) in [7, 11) is 2.14. The fourth-order valence-corrected chi connectivity index (χ4v) is 2.84. The average molecular weight is 274 g/mol. The van der Waals surface area contributed by atoms with E-state index in [1.165, 1.54) is 12.4 Å². The minimum atomic E-state index is -0.285. The van der Waals surface area contributed by atoms with Crippen molar-refractivity contribution in [1.82, 2.24) is 14.9 Å². The third-order valence-electron chi connectivity index (χ3n) is 4.18. The summed E-state index contributed by atoms with van der Waals surface area (Å²) in [6.07, 6.45) is 2.57. The summed E-state index contributed by atoms with van der Waals surface area (Å²) in [6, 6.07) is 5.59. The van der Waals surface area contributed by atoms with Gasteiger partial charge in [-0.1, -0.05) is 13.0 Å². The third kappa shape index (κ3) is 2.22. The summed E-state index contributed by atoms with van der Waals surface area (Å²) in [5.41, 5.74) is 0.407. The van der Waals surface area contributed by atoms with Gasteiger partial charge in [-0.25, -0.2) is 14.4 Å². The maximum Gasteiger partial charge on any atom is 0.149 e. The maximum atomic E-state index is 13.8. The number of anilines is 1. The molecule has 1 saturated heterocycles. The monoisotopic (exact) mass is 274 g/mol. The van der Waals surface area contributed by atoms with E-state index in [1.54, 1.807) is 6.07 Å². The van der Waals surface area contributed by atoms with Gasteiger partial charge in [0.1, 0.15) is 23.5 Å². The second kappa shape index (κ2) is 5.32. The fraction of sp³-hybridized carbons (Fsp3) is 0.467. The number of rotatable bonds is 3. The number of hydrogen-bond acceptors (Lipinski definition) is 4. The Labute approximate surface area is 118 Å². The van der Waals surface area contributed by atoms with Gasteiger partial charge in [-0.2, -0.15) is 0 Å². The van der Waals surface area contributed by atoms with Crippen molar-refractivity contribution in [2.75, 3.05) is 31.6 Å². The van der Waals surface area contributed by atoms with Gasteiger partial charge < -0.3 is 9.80 Å². The van der Waals surface area contributed by atoms with Crippen LogP contribution in [0.4, 0.5) is 10.2 Å². The number of nitrogens with zero attached hydrogens (tertiary/aromatic N) is 4. The summed E-state index contributed by atoms with van der Waals surface area (Å²) in [5, 5.41) is 0.798. The summed E-state index contributed by atoms with van der Waals surface area (Å²) >= 11 is 0. The van der Waals surface area contributed by atoms with Crippen LogP contribution in [0.25, 0.3) is 10.9 Å². The molecular formula is C15H19FN4. The Bertz CT molecular complexity index is 616. The number of benzene rings is 1. The molecule has 5 heteroatoms. The van der Waals surface area contributed by atoms with E-state index in [9.17, 15) is 4.39 Å². The van der Waals surface area contributed by atoms with Gasteiger partial charge in [-0.3, -0.25) is 0 Å². The molecule has 1 aromatic heterocycles. The van der Waals surface area contributed by atoms with Crippen molar-refractivity contribution in [2.45, 2.75) is 19.4 Å². The number of para-hydroxylation sites is 1. The summed E-state index contributed by atoms with van der Waals surface area (Å²) in [4.78, 5) is 13.0. The van der Waals surface area contributed by atoms with Crippen molar-refractivity contribution in [3.63, 3.8) is 0 Å². The van der Waals surface area contributed by atoms with E-state index in [-0.39, 0.29) is 5.82 Å². The zero-order chi connectivity index (χ0) is 14.1. The standard InChI is InChI=1S/C15H19FN4/c1-3-19(2)11-7-8-20(9-11)15-12-5-4-6-13(16)14(12)17-10-18-15/h4-6,10-11H,3,7-9H2,1-2H3. The van der Waals surface area contributed by atoms with Crippen LogP contribution < -0.4 is 4.90 Å². The van der Waals surface area contributed by atoms with Crippen LogP contribution in [-0.4, -0.2) is 47.6 Å². The Balaban J connectivity index is 1.94. The van der Waals surface area contributed by atoms with Gasteiger partial charge in [0, 0.05) is 24.5 Å². The quantitative estimate of drug-likeness (QED) is 0.859. The predicted octanol–water partition coefficient (Wildman–Crippen LogP) is 2.30. The van der Waals surface area contributed by atoms with Crippen LogP contribution in [0.15, 0.2) is 24.5 Å². The first-order valence-corrected chi connectivity index (χ1v) is 7.05.